The molecule has 0 fully saturated rings. The second-order valence-corrected chi connectivity index (χ2v) is 5.28. The van der Waals surface area contributed by atoms with Crippen LogP contribution in [0.5, 0.6) is 5.75 Å². The monoisotopic (exact) mass is 292 g/mol. The molecule has 1 aromatic carbocycles. The molecule has 0 atom stereocenters. The first-order chi connectivity index (χ1) is 9.76. The van der Waals surface area contributed by atoms with Crippen molar-refractivity contribution in [3.63, 3.8) is 0 Å². The molecule has 0 bridgehead atoms. The highest BCUT2D eigenvalue weighted by Gasteiger charge is 2.08. The zero-order valence-corrected chi connectivity index (χ0v) is 12.9. The van der Waals surface area contributed by atoms with E-state index in [1.165, 1.54) is 10.5 Å². The topological polar surface area (TPSA) is 36.3 Å². The molecule has 0 aliphatic heterocycles. The maximum Gasteiger partial charge on any atom is 0.118 e. The van der Waals surface area contributed by atoms with E-state index in [0.717, 1.165) is 24.4 Å². The van der Waals surface area contributed by atoms with Crippen LogP contribution >= 0.6 is 11.8 Å². The van der Waals surface area contributed by atoms with Crippen LogP contribution in [0.4, 0.5) is 0 Å². The van der Waals surface area contributed by atoms with Crippen LogP contribution in [0.1, 0.15) is 11.3 Å². The largest absolute Gasteiger partial charge is 0.497 e. The van der Waals surface area contributed by atoms with Crippen LogP contribution in [-0.2, 0) is 17.7 Å². The third kappa shape index (κ3) is 3.77. The summed E-state index contributed by atoms with van der Waals surface area (Å²) in [4.78, 5) is 1.22. The number of rotatable bonds is 7. The van der Waals surface area contributed by atoms with Crippen molar-refractivity contribution in [3.8, 4) is 5.75 Å². The summed E-state index contributed by atoms with van der Waals surface area (Å²) in [6, 6.07) is 8.07. The van der Waals surface area contributed by atoms with Crippen LogP contribution < -0.4 is 4.74 Å². The molecule has 0 unspecified atom stereocenters. The lowest BCUT2D eigenvalue weighted by Gasteiger charge is -2.03. The third-order valence-electron chi connectivity index (χ3n) is 3.07. The minimum absolute atomic E-state index is 0.701. The highest BCUT2D eigenvalue weighted by molar-refractivity contribution is 7.98. The Morgan fingerprint density at radius 3 is 2.55 bits per heavy atom. The predicted molar refractivity (Wildman–Crippen MR) is 81.7 cm³/mol. The average Bonchev–Trinajstić information content (AvgIpc) is 2.87. The Morgan fingerprint density at radius 1 is 1.20 bits per heavy atom. The summed E-state index contributed by atoms with van der Waals surface area (Å²) >= 11 is 1.72. The molecular weight excluding hydrogens is 272 g/mol. The SMILES string of the molecule is COCCc1nn(Cc2ccc(OC)cc2)cc1SC. The molecule has 0 amide bonds. The minimum atomic E-state index is 0.701. The maximum atomic E-state index is 5.16. The quantitative estimate of drug-likeness (QED) is 0.735. The summed E-state index contributed by atoms with van der Waals surface area (Å²) in [6.07, 6.45) is 5.02. The van der Waals surface area contributed by atoms with Gasteiger partial charge in [0, 0.05) is 24.6 Å². The summed E-state index contributed by atoms with van der Waals surface area (Å²) in [5.74, 6) is 0.875. The zero-order chi connectivity index (χ0) is 14.4. The number of hydrogen-bond acceptors (Lipinski definition) is 4. The second-order valence-electron chi connectivity index (χ2n) is 4.43. The summed E-state index contributed by atoms with van der Waals surface area (Å²) < 4.78 is 12.3. The highest BCUT2D eigenvalue weighted by atomic mass is 32.2. The molecule has 1 heterocycles. The number of benzene rings is 1. The van der Waals surface area contributed by atoms with E-state index < -0.39 is 0 Å². The molecule has 5 heteroatoms. The van der Waals surface area contributed by atoms with Crippen LogP contribution in [-0.4, -0.2) is 36.9 Å². The van der Waals surface area contributed by atoms with Crippen molar-refractivity contribution in [2.24, 2.45) is 0 Å². The molecule has 0 spiro atoms. The number of nitrogens with zero attached hydrogens (tertiary/aromatic N) is 2. The van der Waals surface area contributed by atoms with Crippen LogP contribution in [0.2, 0.25) is 0 Å². The van der Waals surface area contributed by atoms with Crippen LogP contribution in [0.3, 0.4) is 0 Å². The molecule has 108 valence electrons. The first-order valence-electron chi connectivity index (χ1n) is 6.49. The van der Waals surface area contributed by atoms with Gasteiger partial charge in [0.05, 0.1) is 26.0 Å². The molecule has 0 N–H and O–H groups in total. The van der Waals surface area contributed by atoms with Crippen molar-refractivity contribution < 1.29 is 9.47 Å². The van der Waals surface area contributed by atoms with Gasteiger partial charge in [-0.2, -0.15) is 5.10 Å². The molecule has 0 saturated carbocycles. The Labute approximate surface area is 124 Å². The molecule has 4 nitrogen and oxygen atoms in total. The molecule has 0 aliphatic carbocycles. The third-order valence-corrected chi connectivity index (χ3v) is 3.85. The molecule has 0 aliphatic rings. The second kappa shape index (κ2) is 7.36. The van der Waals surface area contributed by atoms with Gasteiger partial charge in [-0.3, -0.25) is 4.68 Å². The van der Waals surface area contributed by atoms with Gasteiger partial charge in [-0.1, -0.05) is 12.1 Å². The lowest BCUT2D eigenvalue weighted by Crippen LogP contribution is -2.02. The highest BCUT2D eigenvalue weighted by Crippen LogP contribution is 2.20. The Morgan fingerprint density at radius 2 is 1.95 bits per heavy atom. The number of methoxy groups -OCH3 is 2. The lowest BCUT2D eigenvalue weighted by molar-refractivity contribution is 0.201. The van der Waals surface area contributed by atoms with Gasteiger partial charge in [0.25, 0.3) is 0 Å². The van der Waals surface area contributed by atoms with E-state index in [2.05, 4.69) is 29.7 Å². The Bertz CT molecular complexity index is 537. The van der Waals surface area contributed by atoms with Crippen molar-refractivity contribution >= 4 is 11.8 Å². The number of aromatic nitrogens is 2. The molecule has 2 aromatic rings. The maximum absolute atomic E-state index is 5.16. The number of hydrogen-bond donors (Lipinski definition) is 0. The van der Waals surface area contributed by atoms with Crippen LogP contribution in [0.25, 0.3) is 0 Å². The van der Waals surface area contributed by atoms with Gasteiger partial charge in [0.15, 0.2) is 0 Å². The number of ether oxygens (including phenoxy) is 2. The fourth-order valence-corrected chi connectivity index (χ4v) is 2.59. The van der Waals surface area contributed by atoms with Crippen molar-refractivity contribution in [1.29, 1.82) is 0 Å². The van der Waals surface area contributed by atoms with Gasteiger partial charge >= 0.3 is 0 Å². The van der Waals surface area contributed by atoms with E-state index in [-0.39, 0.29) is 0 Å². The Kier molecular flexibility index (Phi) is 5.49. The van der Waals surface area contributed by atoms with E-state index in [1.54, 1.807) is 26.0 Å². The van der Waals surface area contributed by atoms with Crippen LogP contribution in [0.15, 0.2) is 35.4 Å². The summed E-state index contributed by atoms with van der Waals surface area (Å²) in [6.45, 7) is 1.47. The van der Waals surface area contributed by atoms with Gasteiger partial charge in [-0.15, -0.1) is 11.8 Å². The van der Waals surface area contributed by atoms with Crippen molar-refractivity contribution in [2.75, 3.05) is 27.1 Å². The lowest BCUT2D eigenvalue weighted by atomic mass is 10.2. The Balaban J connectivity index is 2.09. The van der Waals surface area contributed by atoms with Crippen LogP contribution in [0, 0.1) is 0 Å². The standard InChI is InChI=1S/C15H20N2O2S/c1-18-9-8-14-15(20-3)11-17(16-14)10-12-4-6-13(19-2)7-5-12/h4-7,11H,8-10H2,1-3H3. The minimum Gasteiger partial charge on any atom is -0.497 e. The zero-order valence-electron chi connectivity index (χ0n) is 12.1. The van der Waals surface area contributed by atoms with Gasteiger partial charge in [-0.25, -0.2) is 0 Å². The number of thioether (sulfide) groups is 1. The summed E-state index contributed by atoms with van der Waals surface area (Å²) in [5, 5.41) is 4.64. The van der Waals surface area contributed by atoms with E-state index in [9.17, 15) is 0 Å². The van der Waals surface area contributed by atoms with Crippen molar-refractivity contribution in [3.05, 3.63) is 41.7 Å². The fraction of sp³-hybridized carbons (Fsp3) is 0.400. The first kappa shape index (κ1) is 14.9. The molecule has 0 saturated heterocycles. The predicted octanol–water partition coefficient (Wildman–Crippen LogP) is 2.85. The normalized spacial score (nSPS) is 10.8. The van der Waals surface area contributed by atoms with Crippen molar-refractivity contribution in [2.45, 2.75) is 17.9 Å². The molecule has 20 heavy (non-hydrogen) atoms. The van der Waals surface area contributed by atoms with E-state index in [0.29, 0.717) is 6.61 Å². The van der Waals surface area contributed by atoms with Gasteiger partial charge < -0.3 is 9.47 Å². The molecule has 0 radical (unpaired) electrons. The van der Waals surface area contributed by atoms with Gasteiger partial charge in [-0.05, 0) is 24.0 Å². The van der Waals surface area contributed by atoms with Gasteiger partial charge in [0.1, 0.15) is 5.75 Å². The first-order valence-corrected chi connectivity index (χ1v) is 7.71. The van der Waals surface area contributed by atoms with E-state index in [1.807, 2.05) is 16.8 Å². The average molecular weight is 292 g/mol. The van der Waals surface area contributed by atoms with E-state index >= 15 is 0 Å². The van der Waals surface area contributed by atoms with E-state index in [4.69, 9.17) is 9.47 Å². The fourth-order valence-electron chi connectivity index (χ4n) is 1.98. The smallest absolute Gasteiger partial charge is 0.118 e. The van der Waals surface area contributed by atoms with Gasteiger partial charge in [0.2, 0.25) is 0 Å². The summed E-state index contributed by atoms with van der Waals surface area (Å²) in [7, 11) is 3.39. The molecular formula is C15H20N2O2S. The Hall–Kier alpha value is -1.46. The molecule has 1 aromatic heterocycles. The summed E-state index contributed by atoms with van der Waals surface area (Å²) in [5.41, 5.74) is 2.31. The van der Waals surface area contributed by atoms with Crippen molar-refractivity contribution in [1.82, 2.24) is 9.78 Å². The molecule has 2 rings (SSSR count).